The Kier molecular flexibility index (Phi) is 4.55. The second-order valence-electron chi connectivity index (χ2n) is 5.34. The number of rotatable bonds is 4. The maximum Gasteiger partial charge on any atom is 0.322 e. The van der Waals surface area contributed by atoms with Crippen LogP contribution in [0.25, 0.3) is 0 Å². The predicted octanol–water partition coefficient (Wildman–Crippen LogP) is 2.23. The first kappa shape index (κ1) is 15.0. The Morgan fingerprint density at radius 3 is 2.58 bits per heavy atom. The zero-order valence-corrected chi connectivity index (χ0v) is 12.1. The van der Waals surface area contributed by atoms with Crippen molar-refractivity contribution < 1.29 is 9.53 Å². The number of nitrogens with one attached hydrogen (secondary N) is 1. The second-order valence-corrected chi connectivity index (χ2v) is 5.34. The number of methoxy groups -OCH3 is 1. The molecule has 0 saturated carbocycles. The summed E-state index contributed by atoms with van der Waals surface area (Å²) in [7, 11) is 1.64. The number of aryl methyl sites for hydroxylation is 2. The van der Waals surface area contributed by atoms with Gasteiger partial charge in [-0.05, 0) is 19.4 Å². The van der Waals surface area contributed by atoms with E-state index in [1.807, 2.05) is 27.7 Å². The number of nitrogens with zero attached hydrogens (tertiary/aromatic N) is 1. The number of carbonyl (C=O) groups is 1. The van der Waals surface area contributed by atoms with Crippen LogP contribution in [0.3, 0.4) is 0 Å². The van der Waals surface area contributed by atoms with Crippen LogP contribution in [0.1, 0.15) is 30.5 Å². The first-order chi connectivity index (χ1) is 8.81. The lowest BCUT2D eigenvalue weighted by atomic mass is 9.82. The predicted molar refractivity (Wildman–Crippen MR) is 74.1 cm³/mol. The number of hydrogen-bond donors (Lipinski definition) is 1. The fraction of sp³-hybridized carbons (Fsp3) is 0.467. The van der Waals surface area contributed by atoms with Gasteiger partial charge in [-0.25, -0.2) is 0 Å². The molecule has 0 bridgehead atoms. The zero-order valence-electron chi connectivity index (χ0n) is 12.1. The third-order valence-corrected chi connectivity index (χ3v) is 3.14. The molecular formula is C15H20N2O2. The van der Waals surface area contributed by atoms with E-state index in [1.165, 1.54) is 0 Å². The zero-order chi connectivity index (χ0) is 14.6. The van der Waals surface area contributed by atoms with E-state index in [0.29, 0.717) is 6.54 Å². The number of nitriles is 1. The molecule has 1 amide bonds. The van der Waals surface area contributed by atoms with E-state index in [0.717, 1.165) is 22.4 Å². The molecule has 4 heteroatoms. The number of carbonyl (C=O) groups excluding carboxylic acids is 1. The van der Waals surface area contributed by atoms with Gasteiger partial charge >= 0.3 is 5.91 Å². The summed E-state index contributed by atoms with van der Waals surface area (Å²) >= 11 is 0. The van der Waals surface area contributed by atoms with E-state index in [-0.39, 0.29) is 5.41 Å². The quantitative estimate of drug-likeness (QED) is 0.844. The molecule has 0 radical (unpaired) electrons. The van der Waals surface area contributed by atoms with Crippen LogP contribution < -0.4 is 10.1 Å². The highest BCUT2D eigenvalue weighted by atomic mass is 16.5. The van der Waals surface area contributed by atoms with Gasteiger partial charge < -0.3 is 10.1 Å². The molecule has 1 aromatic carbocycles. The van der Waals surface area contributed by atoms with E-state index < -0.39 is 5.91 Å². The molecule has 1 N–H and O–H groups in total. The van der Waals surface area contributed by atoms with Crippen molar-refractivity contribution in [2.75, 3.05) is 13.7 Å². The normalized spacial score (nSPS) is 10.7. The van der Waals surface area contributed by atoms with Gasteiger partial charge in [-0.3, -0.25) is 4.79 Å². The smallest absolute Gasteiger partial charge is 0.322 e. The molecule has 4 nitrogen and oxygen atoms in total. The average molecular weight is 260 g/mol. The van der Waals surface area contributed by atoms with Crippen molar-refractivity contribution in [1.29, 1.82) is 5.26 Å². The van der Waals surface area contributed by atoms with Gasteiger partial charge in [0.2, 0.25) is 0 Å². The molecule has 0 saturated heterocycles. The lowest BCUT2D eigenvalue weighted by molar-refractivity contribution is -0.116. The Morgan fingerprint density at radius 2 is 2.05 bits per heavy atom. The number of hydrogen-bond acceptors (Lipinski definition) is 3. The third-order valence-electron chi connectivity index (χ3n) is 3.14. The Bertz CT molecular complexity index is 528. The van der Waals surface area contributed by atoms with Crippen molar-refractivity contribution in [3.8, 4) is 11.8 Å². The van der Waals surface area contributed by atoms with Crippen LogP contribution in [0, 0.1) is 25.2 Å². The molecule has 0 spiro atoms. The standard InChI is InChI=1S/C15H20N2O2/c1-10-6-11(2)14(19-5)12(7-10)15(3,4)9-17-13(18)8-16/h6-7H,9H2,1-5H3,(H,17,18). The minimum Gasteiger partial charge on any atom is -0.496 e. The van der Waals surface area contributed by atoms with E-state index >= 15 is 0 Å². The summed E-state index contributed by atoms with van der Waals surface area (Å²) in [6.45, 7) is 8.45. The molecule has 102 valence electrons. The third kappa shape index (κ3) is 3.47. The molecule has 0 aliphatic heterocycles. The summed E-state index contributed by atoms with van der Waals surface area (Å²) in [6, 6.07) is 5.68. The maximum absolute atomic E-state index is 11.1. The van der Waals surface area contributed by atoms with Crippen LogP contribution in [-0.2, 0) is 10.2 Å². The molecule has 1 aromatic rings. The van der Waals surface area contributed by atoms with Crippen LogP contribution in [0.5, 0.6) is 5.75 Å². The van der Waals surface area contributed by atoms with Crippen molar-refractivity contribution in [2.45, 2.75) is 33.1 Å². The Labute approximate surface area is 114 Å². The summed E-state index contributed by atoms with van der Waals surface area (Å²) in [5.41, 5.74) is 2.94. The van der Waals surface area contributed by atoms with Crippen molar-refractivity contribution >= 4 is 5.91 Å². The van der Waals surface area contributed by atoms with Gasteiger partial charge in [-0.2, -0.15) is 5.26 Å². The molecule has 0 aliphatic carbocycles. The topological polar surface area (TPSA) is 62.1 Å². The summed E-state index contributed by atoms with van der Waals surface area (Å²) in [4.78, 5) is 11.1. The molecule has 1 rings (SSSR count). The number of amides is 1. The van der Waals surface area contributed by atoms with Gasteiger partial charge in [-0.1, -0.05) is 31.5 Å². The summed E-state index contributed by atoms with van der Waals surface area (Å²) in [5, 5.41) is 11.1. The highest BCUT2D eigenvalue weighted by Crippen LogP contribution is 2.34. The fourth-order valence-corrected chi connectivity index (χ4v) is 2.16. The van der Waals surface area contributed by atoms with E-state index in [1.54, 1.807) is 13.2 Å². The van der Waals surface area contributed by atoms with Crippen LogP contribution in [0.4, 0.5) is 0 Å². The monoisotopic (exact) mass is 260 g/mol. The molecule has 0 aliphatic rings. The highest BCUT2D eigenvalue weighted by Gasteiger charge is 2.26. The first-order valence-corrected chi connectivity index (χ1v) is 6.15. The van der Waals surface area contributed by atoms with Gasteiger partial charge in [0, 0.05) is 17.5 Å². The van der Waals surface area contributed by atoms with Gasteiger partial charge in [-0.15, -0.1) is 0 Å². The van der Waals surface area contributed by atoms with Crippen molar-refractivity contribution in [3.63, 3.8) is 0 Å². The lowest BCUT2D eigenvalue weighted by Gasteiger charge is -2.28. The van der Waals surface area contributed by atoms with Gasteiger partial charge in [0.15, 0.2) is 6.07 Å². The van der Waals surface area contributed by atoms with E-state index in [4.69, 9.17) is 10.00 Å². The van der Waals surface area contributed by atoms with Gasteiger partial charge in [0.1, 0.15) is 5.75 Å². The summed E-state index contributed by atoms with van der Waals surface area (Å²) < 4.78 is 5.47. The Balaban J connectivity index is 3.13. The van der Waals surface area contributed by atoms with E-state index in [9.17, 15) is 4.79 Å². The highest BCUT2D eigenvalue weighted by molar-refractivity contribution is 5.91. The first-order valence-electron chi connectivity index (χ1n) is 6.15. The molecule has 0 fully saturated rings. The Morgan fingerprint density at radius 1 is 1.42 bits per heavy atom. The van der Waals surface area contributed by atoms with Crippen molar-refractivity contribution in [1.82, 2.24) is 5.32 Å². The molecular weight excluding hydrogens is 240 g/mol. The van der Waals surface area contributed by atoms with Crippen molar-refractivity contribution in [3.05, 3.63) is 28.8 Å². The SMILES string of the molecule is COc1c(C)cc(C)cc1C(C)(C)CNC(=O)C#N. The largest absolute Gasteiger partial charge is 0.496 e. The molecule has 0 unspecified atom stereocenters. The minimum atomic E-state index is -0.614. The van der Waals surface area contributed by atoms with Crippen LogP contribution in [-0.4, -0.2) is 19.6 Å². The second kappa shape index (κ2) is 5.75. The summed E-state index contributed by atoms with van der Waals surface area (Å²) in [5.74, 6) is 0.221. The molecule has 0 heterocycles. The average Bonchev–Trinajstić information content (AvgIpc) is 2.35. The molecule has 0 atom stereocenters. The van der Waals surface area contributed by atoms with Gasteiger partial charge in [0.25, 0.3) is 0 Å². The van der Waals surface area contributed by atoms with Crippen LogP contribution >= 0.6 is 0 Å². The van der Waals surface area contributed by atoms with Crippen LogP contribution in [0.15, 0.2) is 12.1 Å². The maximum atomic E-state index is 11.1. The Hall–Kier alpha value is -2.02. The lowest BCUT2D eigenvalue weighted by Crippen LogP contribution is -2.36. The molecule has 19 heavy (non-hydrogen) atoms. The van der Waals surface area contributed by atoms with Gasteiger partial charge in [0.05, 0.1) is 7.11 Å². The number of benzene rings is 1. The van der Waals surface area contributed by atoms with Crippen LogP contribution in [0.2, 0.25) is 0 Å². The molecule has 0 aromatic heterocycles. The summed E-state index contributed by atoms with van der Waals surface area (Å²) in [6.07, 6.45) is 0. The van der Waals surface area contributed by atoms with Crippen molar-refractivity contribution in [2.24, 2.45) is 0 Å². The number of ether oxygens (including phenoxy) is 1. The fourth-order valence-electron chi connectivity index (χ4n) is 2.16. The van der Waals surface area contributed by atoms with E-state index in [2.05, 4.69) is 17.4 Å². The minimum absolute atomic E-state index is 0.311.